The van der Waals surface area contributed by atoms with E-state index in [1.54, 1.807) is 0 Å². The van der Waals surface area contributed by atoms with Gasteiger partial charge in [0.05, 0.1) is 0 Å². The van der Waals surface area contributed by atoms with Gasteiger partial charge in [-0.2, -0.15) is 0 Å². The Labute approximate surface area is 176 Å². The first-order chi connectivity index (χ1) is 13.3. The van der Waals surface area contributed by atoms with E-state index in [0.29, 0.717) is 0 Å². The number of unbranched alkanes of at least 4 members (excludes halogenated alkanes) is 9. The molecule has 0 fully saturated rings. The highest BCUT2D eigenvalue weighted by Gasteiger charge is 2.08. The summed E-state index contributed by atoms with van der Waals surface area (Å²) in [6.07, 6.45) is 25.7. The highest BCUT2D eigenvalue weighted by atomic mass is 14.1. The maximum Gasteiger partial charge on any atom is 0.110 e. The van der Waals surface area contributed by atoms with Crippen LogP contribution in [0, 0.1) is 5.92 Å². The van der Waals surface area contributed by atoms with E-state index in [1.807, 2.05) is 0 Å². The quantitative estimate of drug-likeness (QED) is 0.132. The normalized spacial score (nSPS) is 13.3. The van der Waals surface area contributed by atoms with E-state index in [-0.39, 0.29) is 0 Å². The Morgan fingerprint density at radius 3 is 1.56 bits per heavy atom. The first-order valence-electron chi connectivity index (χ1n) is 12.6. The van der Waals surface area contributed by atoms with Gasteiger partial charge in [0.2, 0.25) is 0 Å². The van der Waals surface area contributed by atoms with Crippen LogP contribution < -0.4 is 0 Å². The predicted octanol–water partition coefficient (Wildman–Crippen LogP) is 8.75. The molecule has 0 aromatic heterocycles. The summed E-state index contributed by atoms with van der Waals surface area (Å²) >= 11 is 0. The van der Waals surface area contributed by atoms with Crippen molar-refractivity contribution < 1.29 is 0 Å². The molecule has 3 heteroatoms. The molecule has 0 nitrogen and oxygen atoms in total. The van der Waals surface area contributed by atoms with E-state index in [0.717, 1.165) is 11.7 Å². The van der Waals surface area contributed by atoms with E-state index < -0.39 is 0 Å². The molecule has 0 bridgehead atoms. The average molecular weight is 371 g/mol. The Balaban J connectivity index is 3.46. The smallest absolute Gasteiger partial charge is 0.0920 e. The average Bonchev–Trinajstić information content (AvgIpc) is 2.67. The Bertz CT molecular complexity index is 264. The molecular formula is C24H50B3. The summed E-state index contributed by atoms with van der Waals surface area (Å²) in [4.78, 5) is 0. The minimum Gasteiger partial charge on any atom is -0.0920 e. The van der Waals surface area contributed by atoms with Crippen LogP contribution in [0.1, 0.15) is 110 Å². The molecular weight excluding hydrogens is 321 g/mol. The zero-order valence-corrected chi connectivity index (χ0v) is 19.6. The fourth-order valence-corrected chi connectivity index (χ4v) is 4.43. The van der Waals surface area contributed by atoms with Gasteiger partial charge >= 0.3 is 0 Å². The van der Waals surface area contributed by atoms with Gasteiger partial charge in [-0.3, -0.25) is 0 Å². The molecule has 2 atom stereocenters. The van der Waals surface area contributed by atoms with Crippen molar-refractivity contribution in [2.75, 3.05) is 0 Å². The summed E-state index contributed by atoms with van der Waals surface area (Å²) in [6, 6.07) is 0. The molecule has 0 aromatic rings. The van der Waals surface area contributed by atoms with Gasteiger partial charge in [-0.1, -0.05) is 149 Å². The van der Waals surface area contributed by atoms with Crippen LogP contribution >= 0.6 is 0 Å². The molecule has 0 aliphatic rings. The van der Waals surface area contributed by atoms with E-state index in [4.69, 9.17) is 0 Å². The molecule has 0 aromatic carbocycles. The third-order valence-corrected chi connectivity index (χ3v) is 6.24. The van der Waals surface area contributed by atoms with Gasteiger partial charge in [0, 0.05) is 0 Å². The van der Waals surface area contributed by atoms with Gasteiger partial charge in [-0.05, 0) is 5.92 Å². The SMILES string of the molecule is C[B]CCCCCCCCC([B]C)CCCCCCCC(C[B]C)CCC. The third-order valence-electron chi connectivity index (χ3n) is 6.24. The number of hydrogen-bond acceptors (Lipinski definition) is 0. The lowest BCUT2D eigenvalue weighted by Gasteiger charge is -2.15. The molecule has 0 aliphatic heterocycles. The molecule has 0 amide bonds. The zero-order chi connectivity index (χ0) is 20.0. The standard InChI is InChI=1S/C24H50B3/c1-5-17-23(22-26-3)18-13-9-8-11-15-20-24(27-4)19-14-10-6-7-12-16-21-25-2/h23-24H,5-22H2,1-4H3. The predicted molar refractivity (Wildman–Crippen MR) is 131 cm³/mol. The fourth-order valence-electron chi connectivity index (χ4n) is 4.43. The van der Waals surface area contributed by atoms with Crippen LogP contribution in [0.5, 0.6) is 0 Å². The largest absolute Gasteiger partial charge is 0.110 e. The van der Waals surface area contributed by atoms with E-state index in [2.05, 4.69) is 49.2 Å². The first-order valence-corrected chi connectivity index (χ1v) is 12.6. The van der Waals surface area contributed by atoms with Gasteiger partial charge in [-0.25, -0.2) is 0 Å². The molecule has 155 valence electrons. The lowest BCUT2D eigenvalue weighted by atomic mass is 9.63. The van der Waals surface area contributed by atoms with Crippen LogP contribution in [-0.4, -0.2) is 21.8 Å². The maximum absolute atomic E-state index is 2.48. The monoisotopic (exact) mass is 371 g/mol. The second kappa shape index (κ2) is 22.5. The highest BCUT2D eigenvalue weighted by molar-refractivity contribution is 6.35. The van der Waals surface area contributed by atoms with Crippen LogP contribution in [0.3, 0.4) is 0 Å². The summed E-state index contributed by atoms with van der Waals surface area (Å²) in [7, 11) is 7.15. The van der Waals surface area contributed by atoms with Crippen molar-refractivity contribution in [3.05, 3.63) is 0 Å². The van der Waals surface area contributed by atoms with Crippen LogP contribution in [0.15, 0.2) is 0 Å². The second-order valence-electron chi connectivity index (χ2n) is 8.84. The van der Waals surface area contributed by atoms with Crippen molar-refractivity contribution in [1.29, 1.82) is 0 Å². The molecule has 2 unspecified atom stereocenters. The van der Waals surface area contributed by atoms with Crippen molar-refractivity contribution in [2.45, 2.75) is 149 Å². The molecule has 0 N–H and O–H groups in total. The highest BCUT2D eigenvalue weighted by Crippen LogP contribution is 2.24. The molecule has 0 spiro atoms. The fraction of sp³-hybridized carbons (Fsp3) is 1.00. The third kappa shape index (κ3) is 19.3. The summed E-state index contributed by atoms with van der Waals surface area (Å²) < 4.78 is 0. The van der Waals surface area contributed by atoms with Crippen molar-refractivity contribution in [2.24, 2.45) is 5.92 Å². The molecule has 27 heavy (non-hydrogen) atoms. The van der Waals surface area contributed by atoms with Crippen LogP contribution in [0.4, 0.5) is 0 Å². The lowest BCUT2D eigenvalue weighted by Crippen LogP contribution is -2.02. The Morgan fingerprint density at radius 2 is 1.07 bits per heavy atom. The van der Waals surface area contributed by atoms with Crippen LogP contribution in [0.25, 0.3) is 0 Å². The van der Waals surface area contributed by atoms with Gasteiger partial charge in [0.1, 0.15) is 21.8 Å². The Hall–Kier alpha value is 0.195. The molecule has 0 saturated heterocycles. The molecule has 0 rings (SSSR count). The molecule has 0 heterocycles. The van der Waals surface area contributed by atoms with Crippen molar-refractivity contribution in [3.8, 4) is 0 Å². The zero-order valence-electron chi connectivity index (χ0n) is 19.6. The Morgan fingerprint density at radius 1 is 0.556 bits per heavy atom. The van der Waals surface area contributed by atoms with Gasteiger partial charge < -0.3 is 0 Å². The van der Waals surface area contributed by atoms with Crippen molar-refractivity contribution in [1.82, 2.24) is 0 Å². The van der Waals surface area contributed by atoms with Gasteiger partial charge in [-0.15, -0.1) is 0 Å². The minimum atomic E-state index is 0.883. The molecule has 0 saturated carbocycles. The Kier molecular flexibility index (Phi) is 22.6. The summed E-state index contributed by atoms with van der Waals surface area (Å²) in [5, 5.41) is 0. The summed E-state index contributed by atoms with van der Waals surface area (Å²) in [5.41, 5.74) is 0. The number of hydrogen-bond donors (Lipinski definition) is 0. The van der Waals surface area contributed by atoms with Crippen LogP contribution in [-0.2, 0) is 0 Å². The first kappa shape index (κ1) is 27.2. The van der Waals surface area contributed by atoms with E-state index in [9.17, 15) is 0 Å². The van der Waals surface area contributed by atoms with Crippen molar-refractivity contribution in [3.63, 3.8) is 0 Å². The summed E-state index contributed by atoms with van der Waals surface area (Å²) in [6.45, 7) is 9.01. The van der Waals surface area contributed by atoms with Crippen molar-refractivity contribution >= 4 is 21.8 Å². The van der Waals surface area contributed by atoms with Gasteiger partial charge in [0.25, 0.3) is 0 Å². The number of rotatable bonds is 22. The maximum atomic E-state index is 2.48. The van der Waals surface area contributed by atoms with Gasteiger partial charge in [0.15, 0.2) is 0 Å². The van der Waals surface area contributed by atoms with E-state index >= 15 is 0 Å². The van der Waals surface area contributed by atoms with E-state index in [1.165, 1.54) is 115 Å². The van der Waals surface area contributed by atoms with Crippen LogP contribution in [0.2, 0.25) is 38.9 Å². The minimum absolute atomic E-state index is 0.883. The molecule has 0 aliphatic carbocycles. The summed E-state index contributed by atoms with van der Waals surface area (Å²) in [5.74, 6) is 1.85. The second-order valence-corrected chi connectivity index (χ2v) is 8.84. The molecule has 3 radical (unpaired) electrons. The lowest BCUT2D eigenvalue weighted by molar-refractivity contribution is 0.448. The topological polar surface area (TPSA) is 0 Å².